The van der Waals surface area contributed by atoms with Crippen molar-refractivity contribution in [3.63, 3.8) is 0 Å². The average Bonchev–Trinajstić information content (AvgIpc) is 3.17. The van der Waals surface area contributed by atoms with Gasteiger partial charge in [-0.15, -0.1) is 10.2 Å². The summed E-state index contributed by atoms with van der Waals surface area (Å²) >= 11 is 6.25. The minimum atomic E-state index is -0.695. The number of aromatic nitrogens is 2. The van der Waals surface area contributed by atoms with Crippen LogP contribution in [0.4, 0.5) is 14.5 Å². The van der Waals surface area contributed by atoms with Gasteiger partial charge in [0.25, 0.3) is 0 Å². The monoisotopic (exact) mass is 397 g/mol. The SMILES string of the molecule is Fc1cccc(N[C@H](c2nnc(-c3ccccc3)o2)c2ccc(F)cc2Cl)c1. The molecule has 7 heteroatoms. The first-order valence-electron chi connectivity index (χ1n) is 8.46. The molecule has 0 unspecified atom stereocenters. The van der Waals surface area contributed by atoms with Crippen molar-refractivity contribution in [1.82, 2.24) is 10.2 Å². The lowest BCUT2D eigenvalue weighted by atomic mass is 10.1. The van der Waals surface area contributed by atoms with Crippen molar-refractivity contribution in [3.05, 3.63) is 101 Å². The molecule has 3 aromatic carbocycles. The van der Waals surface area contributed by atoms with Gasteiger partial charge in [0.05, 0.1) is 0 Å². The molecule has 4 rings (SSSR count). The smallest absolute Gasteiger partial charge is 0.247 e. The summed E-state index contributed by atoms with van der Waals surface area (Å²) in [6.07, 6.45) is 0. The third-order valence-electron chi connectivity index (χ3n) is 4.12. The maximum atomic E-state index is 13.6. The van der Waals surface area contributed by atoms with Crippen LogP contribution >= 0.6 is 11.6 Å². The summed E-state index contributed by atoms with van der Waals surface area (Å²) in [7, 11) is 0. The largest absolute Gasteiger partial charge is 0.418 e. The standard InChI is InChI=1S/C21H14ClF2N3O/c22-18-12-15(24)9-10-17(18)19(25-16-8-4-7-14(23)11-16)21-27-26-20(28-21)13-5-2-1-3-6-13/h1-12,19,25H/t19-/m0/s1. The van der Waals surface area contributed by atoms with Gasteiger partial charge in [-0.2, -0.15) is 0 Å². The zero-order valence-corrected chi connectivity index (χ0v) is 15.2. The number of anilines is 1. The van der Waals surface area contributed by atoms with E-state index in [0.717, 1.165) is 5.56 Å². The molecule has 0 aliphatic rings. The average molecular weight is 398 g/mol. The molecule has 1 heterocycles. The highest BCUT2D eigenvalue weighted by molar-refractivity contribution is 6.31. The fourth-order valence-electron chi connectivity index (χ4n) is 2.80. The van der Waals surface area contributed by atoms with E-state index in [0.29, 0.717) is 17.1 Å². The summed E-state index contributed by atoms with van der Waals surface area (Å²) in [6.45, 7) is 0. The molecule has 0 bridgehead atoms. The van der Waals surface area contributed by atoms with Crippen molar-refractivity contribution in [1.29, 1.82) is 0 Å². The molecule has 0 fully saturated rings. The van der Waals surface area contributed by atoms with Crippen LogP contribution in [-0.2, 0) is 0 Å². The van der Waals surface area contributed by atoms with Crippen LogP contribution in [0.25, 0.3) is 11.5 Å². The summed E-state index contributed by atoms with van der Waals surface area (Å²) in [5.74, 6) is -0.310. The van der Waals surface area contributed by atoms with Crippen molar-refractivity contribution < 1.29 is 13.2 Å². The van der Waals surface area contributed by atoms with Crippen LogP contribution in [-0.4, -0.2) is 10.2 Å². The molecule has 140 valence electrons. The molecule has 0 radical (unpaired) electrons. The molecule has 0 amide bonds. The zero-order chi connectivity index (χ0) is 19.5. The Labute approximate surface area is 164 Å². The van der Waals surface area contributed by atoms with Crippen molar-refractivity contribution in [2.75, 3.05) is 5.32 Å². The highest BCUT2D eigenvalue weighted by Crippen LogP contribution is 2.33. The fourth-order valence-corrected chi connectivity index (χ4v) is 3.08. The number of benzene rings is 3. The second-order valence-corrected chi connectivity index (χ2v) is 6.47. The second-order valence-electron chi connectivity index (χ2n) is 6.07. The molecule has 0 aliphatic carbocycles. The highest BCUT2D eigenvalue weighted by atomic mass is 35.5. The summed E-state index contributed by atoms with van der Waals surface area (Å²) < 4.78 is 33.0. The summed E-state index contributed by atoms with van der Waals surface area (Å²) in [6, 6.07) is 18.6. The van der Waals surface area contributed by atoms with E-state index in [1.54, 1.807) is 12.1 Å². The number of hydrogen-bond donors (Lipinski definition) is 1. The highest BCUT2D eigenvalue weighted by Gasteiger charge is 2.24. The Morgan fingerprint density at radius 2 is 1.64 bits per heavy atom. The lowest BCUT2D eigenvalue weighted by Gasteiger charge is -2.18. The van der Waals surface area contributed by atoms with Crippen molar-refractivity contribution in [2.45, 2.75) is 6.04 Å². The van der Waals surface area contributed by atoms with E-state index in [4.69, 9.17) is 16.0 Å². The van der Waals surface area contributed by atoms with Crippen molar-refractivity contribution in [3.8, 4) is 11.5 Å². The lowest BCUT2D eigenvalue weighted by molar-refractivity contribution is 0.493. The van der Waals surface area contributed by atoms with E-state index in [1.165, 1.54) is 30.3 Å². The first-order chi connectivity index (χ1) is 13.6. The molecule has 0 spiro atoms. The van der Waals surface area contributed by atoms with Crippen LogP contribution < -0.4 is 5.32 Å². The molecule has 1 atom stereocenters. The summed E-state index contributed by atoms with van der Waals surface area (Å²) in [5.41, 5.74) is 1.77. The predicted octanol–water partition coefficient (Wildman–Crippen LogP) is 5.87. The van der Waals surface area contributed by atoms with Gasteiger partial charge in [0.15, 0.2) is 0 Å². The molecule has 1 aromatic heterocycles. The van der Waals surface area contributed by atoms with Crippen LogP contribution in [0.5, 0.6) is 0 Å². The molecule has 28 heavy (non-hydrogen) atoms. The molecule has 0 aliphatic heterocycles. The molecule has 4 nitrogen and oxygen atoms in total. The molecule has 4 aromatic rings. The van der Waals surface area contributed by atoms with Gasteiger partial charge in [0.1, 0.15) is 17.7 Å². The Morgan fingerprint density at radius 3 is 2.39 bits per heavy atom. The Balaban J connectivity index is 1.75. The number of hydrogen-bond acceptors (Lipinski definition) is 4. The van der Waals surface area contributed by atoms with E-state index in [-0.39, 0.29) is 10.9 Å². The normalized spacial score (nSPS) is 12.0. The first kappa shape index (κ1) is 18.1. The molecular formula is C21H14ClF2N3O. The Morgan fingerprint density at radius 1 is 0.857 bits per heavy atom. The van der Waals surface area contributed by atoms with Gasteiger partial charge in [-0.3, -0.25) is 0 Å². The van der Waals surface area contributed by atoms with Crippen molar-refractivity contribution in [2.24, 2.45) is 0 Å². The van der Waals surface area contributed by atoms with Crippen LogP contribution in [0.1, 0.15) is 17.5 Å². The van der Waals surface area contributed by atoms with Gasteiger partial charge in [-0.05, 0) is 42.5 Å². The minimum Gasteiger partial charge on any atom is -0.418 e. The van der Waals surface area contributed by atoms with Crippen LogP contribution in [0.2, 0.25) is 5.02 Å². The van der Waals surface area contributed by atoms with Crippen LogP contribution in [0, 0.1) is 11.6 Å². The Hall–Kier alpha value is -3.25. The quantitative estimate of drug-likeness (QED) is 0.457. The maximum Gasteiger partial charge on any atom is 0.247 e. The summed E-state index contributed by atoms with van der Waals surface area (Å²) in [4.78, 5) is 0. The summed E-state index contributed by atoms with van der Waals surface area (Å²) in [5, 5.41) is 11.5. The van der Waals surface area contributed by atoms with Crippen molar-refractivity contribution >= 4 is 17.3 Å². The second kappa shape index (κ2) is 7.78. The number of nitrogens with zero attached hydrogens (tertiary/aromatic N) is 2. The molecule has 0 saturated heterocycles. The van der Waals surface area contributed by atoms with E-state index >= 15 is 0 Å². The molecule has 0 saturated carbocycles. The minimum absolute atomic E-state index is 0.188. The van der Waals surface area contributed by atoms with Gasteiger partial charge >= 0.3 is 0 Å². The van der Waals surface area contributed by atoms with Gasteiger partial charge in [0, 0.05) is 21.8 Å². The van der Waals surface area contributed by atoms with Crippen LogP contribution in [0.3, 0.4) is 0 Å². The van der Waals surface area contributed by atoms with Gasteiger partial charge in [-0.1, -0.05) is 41.9 Å². The Kier molecular flexibility index (Phi) is 5.04. The zero-order valence-electron chi connectivity index (χ0n) is 14.4. The third kappa shape index (κ3) is 3.87. The van der Waals surface area contributed by atoms with Gasteiger partial charge < -0.3 is 9.73 Å². The van der Waals surface area contributed by atoms with Gasteiger partial charge in [-0.25, -0.2) is 8.78 Å². The molecule has 1 N–H and O–H groups in total. The third-order valence-corrected chi connectivity index (χ3v) is 4.44. The van der Waals surface area contributed by atoms with Crippen LogP contribution in [0.15, 0.2) is 77.2 Å². The topological polar surface area (TPSA) is 51.0 Å². The first-order valence-corrected chi connectivity index (χ1v) is 8.84. The molecular weight excluding hydrogens is 384 g/mol. The fraction of sp³-hybridized carbons (Fsp3) is 0.0476. The van der Waals surface area contributed by atoms with Gasteiger partial charge in [0.2, 0.25) is 11.8 Å². The number of rotatable bonds is 5. The van der Waals surface area contributed by atoms with E-state index < -0.39 is 17.7 Å². The number of halogens is 3. The predicted molar refractivity (Wildman–Crippen MR) is 103 cm³/mol. The Bertz CT molecular complexity index is 1100. The lowest BCUT2D eigenvalue weighted by Crippen LogP contribution is -2.13. The maximum absolute atomic E-state index is 13.6. The van der Waals surface area contributed by atoms with E-state index in [2.05, 4.69) is 15.5 Å². The van der Waals surface area contributed by atoms with E-state index in [1.807, 2.05) is 30.3 Å². The van der Waals surface area contributed by atoms with E-state index in [9.17, 15) is 8.78 Å². The number of nitrogens with one attached hydrogen (secondary N) is 1.